The first-order chi connectivity index (χ1) is 14.8. The summed E-state index contributed by atoms with van der Waals surface area (Å²) in [6.45, 7) is 7.16. The SMILES string of the molecule is CCCC(=O)O[C@H]1CC[C@]2(C)C3CC[C@]4(C)C(CCCC(=O)O)CCC4[C@@H]3CC[C@@H]2C1. The molecular weight excluding hydrogens is 388 g/mol. The average molecular weight is 433 g/mol. The molecule has 1 N–H and O–H groups in total. The highest BCUT2D eigenvalue weighted by Gasteiger charge is 2.60. The predicted octanol–water partition coefficient (Wildman–Crippen LogP) is 6.61. The number of aliphatic carboxylic acids is 1. The van der Waals surface area contributed by atoms with Gasteiger partial charge in [-0.25, -0.2) is 0 Å². The molecule has 4 rings (SSSR count). The van der Waals surface area contributed by atoms with Gasteiger partial charge in [-0.15, -0.1) is 0 Å². The van der Waals surface area contributed by atoms with Gasteiger partial charge in [-0.2, -0.15) is 0 Å². The van der Waals surface area contributed by atoms with Crippen molar-refractivity contribution in [3.63, 3.8) is 0 Å². The van der Waals surface area contributed by atoms with E-state index in [-0.39, 0.29) is 12.1 Å². The molecule has 0 aromatic heterocycles. The largest absolute Gasteiger partial charge is 0.481 e. The Kier molecular flexibility index (Phi) is 6.75. The van der Waals surface area contributed by atoms with Gasteiger partial charge in [-0.3, -0.25) is 9.59 Å². The molecule has 4 heteroatoms. The van der Waals surface area contributed by atoms with E-state index in [1.54, 1.807) is 0 Å². The number of esters is 1. The maximum absolute atomic E-state index is 12.0. The van der Waals surface area contributed by atoms with Crippen LogP contribution in [-0.4, -0.2) is 23.1 Å². The number of hydrogen-bond donors (Lipinski definition) is 1. The molecule has 0 spiro atoms. The van der Waals surface area contributed by atoms with Gasteiger partial charge in [0.25, 0.3) is 0 Å². The first-order valence-corrected chi connectivity index (χ1v) is 13.2. The Morgan fingerprint density at radius 3 is 2.42 bits per heavy atom. The number of carboxylic acids is 1. The molecule has 0 bridgehead atoms. The van der Waals surface area contributed by atoms with Gasteiger partial charge in [0.2, 0.25) is 0 Å². The standard InChI is InChI=1S/C27H44O4/c1-4-6-25(30)31-20-13-15-27(3)19(17-20)9-11-21-22-12-10-18(7-5-8-24(28)29)26(22,2)16-14-23(21)27/h18-23H,4-17H2,1-3H3,(H,28,29)/t18?,19-,20+,21+,22?,23?,26-,27+/m1/s1. The van der Waals surface area contributed by atoms with Gasteiger partial charge < -0.3 is 9.84 Å². The van der Waals surface area contributed by atoms with Crippen LogP contribution in [0.25, 0.3) is 0 Å². The van der Waals surface area contributed by atoms with E-state index in [0.29, 0.717) is 29.6 Å². The van der Waals surface area contributed by atoms with Crippen LogP contribution in [0.4, 0.5) is 0 Å². The van der Waals surface area contributed by atoms with E-state index in [9.17, 15) is 9.59 Å². The number of carbonyl (C=O) groups excluding carboxylic acids is 1. The van der Waals surface area contributed by atoms with E-state index in [2.05, 4.69) is 13.8 Å². The Labute approximate surface area is 188 Å². The normalized spacial score (nSPS) is 44.1. The van der Waals surface area contributed by atoms with Gasteiger partial charge in [-0.1, -0.05) is 20.8 Å². The minimum Gasteiger partial charge on any atom is -0.481 e. The molecule has 4 aliphatic carbocycles. The first-order valence-electron chi connectivity index (χ1n) is 13.2. The summed E-state index contributed by atoms with van der Waals surface area (Å²) in [6.07, 6.45) is 15.2. The summed E-state index contributed by atoms with van der Waals surface area (Å²) in [4.78, 5) is 23.0. The zero-order chi connectivity index (χ0) is 22.2. The molecule has 0 aliphatic heterocycles. The minimum atomic E-state index is -0.648. The second kappa shape index (κ2) is 9.06. The van der Waals surface area contributed by atoms with Crippen LogP contribution in [0.5, 0.6) is 0 Å². The predicted molar refractivity (Wildman–Crippen MR) is 121 cm³/mol. The summed E-state index contributed by atoms with van der Waals surface area (Å²) < 4.78 is 5.83. The number of ether oxygens (including phenoxy) is 1. The zero-order valence-electron chi connectivity index (χ0n) is 20.0. The van der Waals surface area contributed by atoms with Gasteiger partial charge in [0.05, 0.1) is 0 Å². The monoisotopic (exact) mass is 432 g/mol. The lowest BCUT2D eigenvalue weighted by molar-refractivity contribution is -0.162. The molecule has 4 fully saturated rings. The quantitative estimate of drug-likeness (QED) is 0.460. The van der Waals surface area contributed by atoms with Crippen LogP contribution < -0.4 is 0 Å². The molecular formula is C27H44O4. The van der Waals surface area contributed by atoms with Crippen molar-refractivity contribution in [3.8, 4) is 0 Å². The molecule has 0 radical (unpaired) electrons. The van der Waals surface area contributed by atoms with Crippen molar-refractivity contribution in [1.29, 1.82) is 0 Å². The fourth-order valence-electron chi connectivity index (χ4n) is 8.86. The number of fused-ring (bicyclic) bond motifs is 5. The molecule has 0 amide bonds. The van der Waals surface area contributed by atoms with Crippen molar-refractivity contribution < 1.29 is 19.4 Å². The van der Waals surface area contributed by atoms with Crippen molar-refractivity contribution in [2.45, 2.75) is 117 Å². The summed E-state index contributed by atoms with van der Waals surface area (Å²) in [5.41, 5.74) is 0.842. The average Bonchev–Trinajstić information content (AvgIpc) is 3.05. The fraction of sp³-hybridized carbons (Fsp3) is 0.926. The summed E-state index contributed by atoms with van der Waals surface area (Å²) in [5.74, 6) is 3.29. The van der Waals surface area contributed by atoms with Gasteiger partial charge in [0.1, 0.15) is 6.10 Å². The number of rotatable bonds is 7. The smallest absolute Gasteiger partial charge is 0.306 e. The Hall–Kier alpha value is -1.06. The highest BCUT2D eigenvalue weighted by molar-refractivity contribution is 5.69. The molecule has 4 saturated carbocycles. The van der Waals surface area contributed by atoms with E-state index in [1.807, 2.05) is 6.92 Å². The van der Waals surface area contributed by atoms with Crippen molar-refractivity contribution in [2.75, 3.05) is 0 Å². The van der Waals surface area contributed by atoms with E-state index in [1.165, 1.54) is 44.9 Å². The second-order valence-corrected chi connectivity index (χ2v) is 11.9. The summed E-state index contributed by atoms with van der Waals surface area (Å²) in [7, 11) is 0. The van der Waals surface area contributed by atoms with Gasteiger partial charge in [0.15, 0.2) is 0 Å². The number of carboxylic acid groups (broad SMARTS) is 1. The molecule has 4 aliphatic rings. The van der Waals surface area contributed by atoms with Crippen LogP contribution in [0.2, 0.25) is 0 Å². The van der Waals surface area contributed by atoms with Gasteiger partial charge in [-0.05, 0) is 117 Å². The lowest BCUT2D eigenvalue weighted by atomic mass is 9.44. The van der Waals surface area contributed by atoms with Crippen molar-refractivity contribution >= 4 is 11.9 Å². The van der Waals surface area contributed by atoms with Crippen LogP contribution in [0.3, 0.4) is 0 Å². The van der Waals surface area contributed by atoms with Crippen molar-refractivity contribution in [1.82, 2.24) is 0 Å². The van der Waals surface area contributed by atoms with Crippen LogP contribution in [0.15, 0.2) is 0 Å². The molecule has 0 saturated heterocycles. The molecule has 31 heavy (non-hydrogen) atoms. The van der Waals surface area contributed by atoms with E-state index < -0.39 is 5.97 Å². The maximum Gasteiger partial charge on any atom is 0.306 e. The van der Waals surface area contributed by atoms with Crippen LogP contribution in [0.1, 0.15) is 111 Å². The molecule has 0 aromatic rings. The molecule has 176 valence electrons. The van der Waals surface area contributed by atoms with Crippen molar-refractivity contribution in [2.24, 2.45) is 40.4 Å². The molecule has 4 nitrogen and oxygen atoms in total. The van der Waals surface area contributed by atoms with Crippen LogP contribution in [-0.2, 0) is 14.3 Å². The Morgan fingerprint density at radius 2 is 1.68 bits per heavy atom. The van der Waals surface area contributed by atoms with E-state index >= 15 is 0 Å². The molecule has 0 aromatic carbocycles. The van der Waals surface area contributed by atoms with E-state index in [4.69, 9.17) is 9.84 Å². The molecule has 8 atom stereocenters. The summed E-state index contributed by atoms with van der Waals surface area (Å²) in [6, 6.07) is 0. The summed E-state index contributed by atoms with van der Waals surface area (Å²) in [5, 5.41) is 9.04. The first kappa shape index (κ1) is 23.1. The van der Waals surface area contributed by atoms with Crippen LogP contribution >= 0.6 is 0 Å². The third-order valence-corrected chi connectivity index (χ3v) is 10.5. The lowest BCUT2D eigenvalue weighted by Crippen LogP contribution is -2.54. The Bertz CT molecular complexity index is 674. The number of hydrogen-bond acceptors (Lipinski definition) is 3. The van der Waals surface area contributed by atoms with Gasteiger partial charge >= 0.3 is 11.9 Å². The van der Waals surface area contributed by atoms with Crippen LogP contribution in [0, 0.1) is 40.4 Å². The third kappa shape index (κ3) is 4.29. The minimum absolute atomic E-state index is 0.00174. The maximum atomic E-state index is 12.0. The number of carbonyl (C=O) groups is 2. The summed E-state index contributed by atoms with van der Waals surface area (Å²) >= 11 is 0. The highest BCUT2D eigenvalue weighted by atomic mass is 16.5. The third-order valence-electron chi connectivity index (χ3n) is 10.5. The second-order valence-electron chi connectivity index (χ2n) is 11.9. The van der Waals surface area contributed by atoms with E-state index in [0.717, 1.165) is 55.8 Å². The molecule has 3 unspecified atom stereocenters. The van der Waals surface area contributed by atoms with Crippen molar-refractivity contribution in [3.05, 3.63) is 0 Å². The lowest BCUT2D eigenvalue weighted by Gasteiger charge is -2.61. The Morgan fingerprint density at radius 1 is 0.935 bits per heavy atom. The highest BCUT2D eigenvalue weighted by Crippen LogP contribution is 2.68. The topological polar surface area (TPSA) is 63.6 Å². The molecule has 0 heterocycles. The van der Waals surface area contributed by atoms with Gasteiger partial charge in [0, 0.05) is 12.8 Å². The zero-order valence-corrected chi connectivity index (χ0v) is 20.0. The fourth-order valence-corrected chi connectivity index (χ4v) is 8.86. The Balaban J connectivity index is 1.40.